The van der Waals surface area contributed by atoms with Gasteiger partial charge in [0.05, 0.1) is 17.9 Å². The van der Waals surface area contributed by atoms with Gasteiger partial charge in [-0.25, -0.2) is 4.68 Å². The van der Waals surface area contributed by atoms with Crippen LogP contribution in [-0.2, 0) is 24.2 Å². The van der Waals surface area contributed by atoms with Gasteiger partial charge in [0.15, 0.2) is 5.82 Å². The van der Waals surface area contributed by atoms with Gasteiger partial charge in [0.1, 0.15) is 0 Å². The van der Waals surface area contributed by atoms with E-state index >= 15 is 0 Å². The Morgan fingerprint density at radius 2 is 1.79 bits per heavy atom. The van der Waals surface area contributed by atoms with Crippen LogP contribution in [0.1, 0.15) is 36.9 Å². The largest absolute Gasteiger partial charge is 0.355 e. The predicted octanol–water partition coefficient (Wildman–Crippen LogP) is 2.61. The molecule has 2 aliphatic rings. The van der Waals surface area contributed by atoms with Crippen LogP contribution in [-0.4, -0.2) is 45.5 Å². The highest BCUT2D eigenvalue weighted by molar-refractivity contribution is 5.78. The first kappa shape index (κ1) is 22.3. The first-order valence-electron chi connectivity index (χ1n) is 12.2. The average Bonchev–Trinajstić information content (AvgIpc) is 2.89. The van der Waals surface area contributed by atoms with E-state index in [4.69, 9.17) is 0 Å². The summed E-state index contributed by atoms with van der Waals surface area (Å²) in [7, 11) is 0. The lowest BCUT2D eigenvalue weighted by atomic mass is 9.96. The monoisotopic (exact) mass is 458 g/mol. The van der Waals surface area contributed by atoms with Crippen molar-refractivity contribution in [3.8, 4) is 11.3 Å². The zero-order chi connectivity index (χ0) is 23.3. The van der Waals surface area contributed by atoms with E-state index in [0.717, 1.165) is 79.9 Å². The Hall–Kier alpha value is -3.55. The molecule has 0 saturated carbocycles. The fourth-order valence-corrected chi connectivity index (χ4v) is 4.82. The van der Waals surface area contributed by atoms with Crippen molar-refractivity contribution in [1.29, 1.82) is 0 Å². The minimum Gasteiger partial charge on any atom is -0.355 e. The number of fused-ring (bicyclic) bond motifs is 1. The first-order valence-corrected chi connectivity index (χ1v) is 12.2. The lowest BCUT2D eigenvalue weighted by Gasteiger charge is -2.31. The van der Waals surface area contributed by atoms with Crippen molar-refractivity contribution in [2.45, 2.75) is 45.1 Å². The number of carbonyl (C=O) groups excluding carboxylic acids is 1. The molecule has 3 heterocycles. The molecular weight excluding hydrogens is 428 g/mol. The highest BCUT2D eigenvalue weighted by Gasteiger charge is 2.25. The number of nitrogens with zero attached hydrogens (tertiary/aromatic N) is 5. The molecule has 176 valence electrons. The summed E-state index contributed by atoms with van der Waals surface area (Å²) in [4.78, 5) is 27.2. The maximum Gasteiger partial charge on any atom is 0.267 e. The van der Waals surface area contributed by atoms with Gasteiger partial charge in [0.2, 0.25) is 5.91 Å². The number of hydrogen-bond donors (Lipinski definition) is 1. The molecule has 8 nitrogen and oxygen atoms in total. The highest BCUT2D eigenvalue weighted by atomic mass is 16.2. The molecule has 1 amide bonds. The molecule has 0 radical (unpaired) electrons. The van der Waals surface area contributed by atoms with E-state index in [-0.39, 0.29) is 17.4 Å². The summed E-state index contributed by atoms with van der Waals surface area (Å²) in [6.07, 6.45) is 5.65. The molecule has 0 spiro atoms. The van der Waals surface area contributed by atoms with Crippen LogP contribution in [0.5, 0.6) is 0 Å². The number of nitrogens with one attached hydrogen (secondary N) is 1. The minimum absolute atomic E-state index is 0.0268. The van der Waals surface area contributed by atoms with Gasteiger partial charge in [-0.3, -0.25) is 9.59 Å². The maximum absolute atomic E-state index is 12.7. The fourth-order valence-electron chi connectivity index (χ4n) is 4.82. The molecule has 8 heteroatoms. The molecule has 2 aromatic heterocycles. The topological polar surface area (TPSA) is 93.0 Å². The normalized spacial score (nSPS) is 16.2. The molecule has 0 unspecified atom stereocenters. The summed E-state index contributed by atoms with van der Waals surface area (Å²) in [5, 5.41) is 16.3. The zero-order valence-corrected chi connectivity index (χ0v) is 19.3. The number of benzene rings is 1. The summed E-state index contributed by atoms with van der Waals surface area (Å²) in [6.45, 7) is 2.35. The van der Waals surface area contributed by atoms with E-state index < -0.39 is 0 Å². The van der Waals surface area contributed by atoms with E-state index in [1.165, 1.54) is 4.68 Å². The van der Waals surface area contributed by atoms with Gasteiger partial charge in [-0.15, -0.1) is 10.2 Å². The van der Waals surface area contributed by atoms with Gasteiger partial charge in [0.25, 0.3) is 5.56 Å². The van der Waals surface area contributed by atoms with Gasteiger partial charge in [-0.1, -0.05) is 30.3 Å². The zero-order valence-electron chi connectivity index (χ0n) is 19.3. The molecule has 3 aromatic rings. The van der Waals surface area contributed by atoms with Crippen LogP contribution in [0.25, 0.3) is 11.3 Å². The highest BCUT2D eigenvalue weighted by Crippen LogP contribution is 2.23. The van der Waals surface area contributed by atoms with Crippen LogP contribution in [0, 0.1) is 5.92 Å². The molecule has 1 aliphatic heterocycles. The van der Waals surface area contributed by atoms with Crippen molar-refractivity contribution in [2.24, 2.45) is 5.92 Å². The van der Waals surface area contributed by atoms with Gasteiger partial charge in [-0.2, -0.15) is 5.10 Å². The third-order valence-electron chi connectivity index (χ3n) is 6.81. The van der Waals surface area contributed by atoms with Crippen LogP contribution in [0.2, 0.25) is 0 Å². The Labute approximate surface area is 199 Å². The van der Waals surface area contributed by atoms with Gasteiger partial charge >= 0.3 is 0 Å². The smallest absolute Gasteiger partial charge is 0.267 e. The molecule has 0 atom stereocenters. The van der Waals surface area contributed by atoms with E-state index in [9.17, 15) is 9.59 Å². The number of aromatic nitrogens is 4. The van der Waals surface area contributed by atoms with Gasteiger partial charge in [0, 0.05) is 37.2 Å². The molecule has 1 aromatic carbocycles. The molecule has 34 heavy (non-hydrogen) atoms. The standard InChI is InChI=1S/C26H30N6O2/c33-25-18-21-8-4-5-9-23(21)30-32(25)17-14-27-26(34)20-12-15-31(16-13-20)24-11-10-22(28-29-24)19-6-2-1-3-7-19/h1-3,6-7,10-11,18,20H,4-5,8-9,12-17H2,(H,27,34). The number of hydrogen-bond acceptors (Lipinski definition) is 6. The summed E-state index contributed by atoms with van der Waals surface area (Å²) >= 11 is 0. The van der Waals surface area contributed by atoms with Crippen molar-refractivity contribution in [1.82, 2.24) is 25.3 Å². The Bertz CT molecular complexity index is 1180. The van der Waals surface area contributed by atoms with Crippen molar-refractivity contribution >= 4 is 11.7 Å². The van der Waals surface area contributed by atoms with Crippen LogP contribution in [0.15, 0.2) is 53.3 Å². The predicted molar refractivity (Wildman–Crippen MR) is 131 cm³/mol. The quantitative estimate of drug-likeness (QED) is 0.610. The molecule has 1 fully saturated rings. The lowest BCUT2D eigenvalue weighted by Crippen LogP contribution is -2.42. The van der Waals surface area contributed by atoms with E-state index in [2.05, 4.69) is 25.5 Å². The summed E-state index contributed by atoms with van der Waals surface area (Å²) in [5.74, 6) is 0.869. The third-order valence-corrected chi connectivity index (χ3v) is 6.81. The van der Waals surface area contributed by atoms with Crippen molar-refractivity contribution < 1.29 is 4.79 Å². The van der Waals surface area contributed by atoms with Crippen LogP contribution >= 0.6 is 0 Å². The SMILES string of the molecule is O=C(NCCn1nc2c(cc1=O)CCCC2)C1CCN(c2ccc(-c3ccccc3)nn2)CC1. The second kappa shape index (κ2) is 10.2. The number of piperidine rings is 1. The van der Waals surface area contributed by atoms with Crippen molar-refractivity contribution in [3.63, 3.8) is 0 Å². The molecule has 1 aliphatic carbocycles. The van der Waals surface area contributed by atoms with E-state index in [1.807, 2.05) is 42.5 Å². The maximum atomic E-state index is 12.7. The Morgan fingerprint density at radius 3 is 2.56 bits per heavy atom. The molecule has 0 bridgehead atoms. The van der Waals surface area contributed by atoms with Gasteiger partial charge in [-0.05, 0) is 56.2 Å². The van der Waals surface area contributed by atoms with Crippen molar-refractivity contribution in [3.05, 3.63) is 70.1 Å². The third kappa shape index (κ3) is 5.00. The average molecular weight is 459 g/mol. The lowest BCUT2D eigenvalue weighted by molar-refractivity contribution is -0.125. The number of aryl methyl sites for hydroxylation is 2. The number of amides is 1. The first-order chi connectivity index (χ1) is 16.7. The summed E-state index contributed by atoms with van der Waals surface area (Å²) < 4.78 is 1.49. The summed E-state index contributed by atoms with van der Waals surface area (Å²) in [6, 6.07) is 15.7. The second-order valence-corrected chi connectivity index (χ2v) is 9.08. The van der Waals surface area contributed by atoms with Gasteiger partial charge < -0.3 is 10.2 Å². The van der Waals surface area contributed by atoms with E-state index in [0.29, 0.717) is 13.1 Å². The van der Waals surface area contributed by atoms with Crippen LogP contribution < -0.4 is 15.8 Å². The molecule has 1 saturated heterocycles. The number of carbonyl (C=O) groups is 1. The Kier molecular flexibility index (Phi) is 6.65. The fraction of sp³-hybridized carbons (Fsp3) is 0.423. The second-order valence-electron chi connectivity index (χ2n) is 9.08. The number of anilines is 1. The minimum atomic E-state index is -0.0809. The Balaban J connectivity index is 1.10. The molecular formula is C26H30N6O2. The molecule has 1 N–H and O–H groups in total. The van der Waals surface area contributed by atoms with Crippen molar-refractivity contribution in [2.75, 3.05) is 24.5 Å². The Morgan fingerprint density at radius 1 is 1.00 bits per heavy atom. The van der Waals surface area contributed by atoms with E-state index in [1.54, 1.807) is 6.07 Å². The summed E-state index contributed by atoms with van der Waals surface area (Å²) in [5.41, 5.74) is 3.94. The molecule has 5 rings (SSSR count). The van der Waals surface area contributed by atoms with Crippen LogP contribution in [0.3, 0.4) is 0 Å². The number of rotatable bonds is 6. The van der Waals surface area contributed by atoms with Crippen LogP contribution in [0.4, 0.5) is 5.82 Å².